The third-order valence-corrected chi connectivity index (χ3v) is 3.80. The van der Waals surface area contributed by atoms with Crippen LogP contribution < -0.4 is 9.47 Å². The Bertz CT molecular complexity index is 742. The molecular formula is C19H20O5. The average molecular weight is 328 g/mol. The highest BCUT2D eigenvalue weighted by Crippen LogP contribution is 2.28. The molecule has 2 aromatic carbocycles. The minimum absolute atomic E-state index is 0.162. The highest BCUT2D eigenvalue weighted by atomic mass is 16.5. The molecule has 0 aromatic heterocycles. The van der Waals surface area contributed by atoms with Crippen molar-refractivity contribution in [3.63, 3.8) is 0 Å². The van der Waals surface area contributed by atoms with E-state index in [1.165, 1.54) is 14.2 Å². The van der Waals surface area contributed by atoms with E-state index in [-0.39, 0.29) is 18.0 Å². The van der Waals surface area contributed by atoms with E-state index >= 15 is 0 Å². The van der Waals surface area contributed by atoms with Gasteiger partial charge < -0.3 is 14.2 Å². The van der Waals surface area contributed by atoms with Gasteiger partial charge in [0.15, 0.2) is 12.4 Å². The second kappa shape index (κ2) is 7.64. The summed E-state index contributed by atoms with van der Waals surface area (Å²) in [6.07, 6.45) is 0. The molecular weight excluding hydrogens is 308 g/mol. The Labute approximate surface area is 141 Å². The molecule has 5 heteroatoms. The lowest BCUT2D eigenvalue weighted by atomic mass is 10.0. The number of esters is 1. The quantitative estimate of drug-likeness (QED) is 0.601. The Hall–Kier alpha value is -2.82. The lowest BCUT2D eigenvalue weighted by Crippen LogP contribution is -2.16. The predicted molar refractivity (Wildman–Crippen MR) is 90.1 cm³/mol. The fourth-order valence-corrected chi connectivity index (χ4v) is 2.25. The molecule has 0 aliphatic rings. The minimum atomic E-state index is -0.665. The SMILES string of the molecule is COc1cccc(OC)c1C(=O)OCC(=O)c1ccc(C)c(C)c1. The van der Waals surface area contributed by atoms with Crippen LogP contribution in [0.15, 0.2) is 36.4 Å². The van der Waals surface area contributed by atoms with Gasteiger partial charge in [0.05, 0.1) is 14.2 Å². The number of methoxy groups -OCH3 is 2. The summed E-state index contributed by atoms with van der Waals surface area (Å²) < 4.78 is 15.5. The fourth-order valence-electron chi connectivity index (χ4n) is 2.25. The number of Topliss-reactive ketones (excluding diaryl/α,β-unsaturated/α-hetero) is 1. The van der Waals surface area contributed by atoms with Crippen LogP contribution in [0.1, 0.15) is 31.8 Å². The molecule has 5 nitrogen and oxygen atoms in total. The third-order valence-electron chi connectivity index (χ3n) is 3.80. The van der Waals surface area contributed by atoms with Gasteiger partial charge in [-0.15, -0.1) is 0 Å². The van der Waals surface area contributed by atoms with Crippen LogP contribution in [0.25, 0.3) is 0 Å². The van der Waals surface area contributed by atoms with Crippen molar-refractivity contribution >= 4 is 11.8 Å². The Kier molecular flexibility index (Phi) is 5.58. The summed E-state index contributed by atoms with van der Waals surface area (Å²) in [4.78, 5) is 24.5. The van der Waals surface area contributed by atoms with E-state index < -0.39 is 5.97 Å². The number of carbonyl (C=O) groups excluding carboxylic acids is 2. The third kappa shape index (κ3) is 3.74. The van der Waals surface area contributed by atoms with Crippen molar-refractivity contribution in [2.75, 3.05) is 20.8 Å². The topological polar surface area (TPSA) is 61.8 Å². The van der Waals surface area contributed by atoms with Crippen molar-refractivity contribution in [3.05, 3.63) is 58.7 Å². The molecule has 0 saturated carbocycles. The lowest BCUT2D eigenvalue weighted by molar-refractivity contribution is 0.0468. The molecule has 0 amide bonds. The molecule has 0 N–H and O–H groups in total. The van der Waals surface area contributed by atoms with E-state index in [4.69, 9.17) is 14.2 Å². The van der Waals surface area contributed by atoms with Crippen LogP contribution in [-0.4, -0.2) is 32.6 Å². The number of carbonyl (C=O) groups is 2. The van der Waals surface area contributed by atoms with Gasteiger partial charge in [0.1, 0.15) is 17.1 Å². The van der Waals surface area contributed by atoms with Crippen LogP contribution in [0.5, 0.6) is 11.5 Å². The zero-order valence-electron chi connectivity index (χ0n) is 14.2. The summed E-state index contributed by atoms with van der Waals surface area (Å²) in [5.41, 5.74) is 2.79. The molecule has 0 atom stereocenters. The molecule has 0 unspecified atom stereocenters. The van der Waals surface area contributed by atoms with Crippen molar-refractivity contribution in [3.8, 4) is 11.5 Å². The molecule has 0 radical (unpaired) electrons. The number of hydrogen-bond acceptors (Lipinski definition) is 5. The Morgan fingerprint density at radius 3 is 2.08 bits per heavy atom. The zero-order chi connectivity index (χ0) is 17.7. The first-order chi connectivity index (χ1) is 11.5. The summed E-state index contributed by atoms with van der Waals surface area (Å²) in [6, 6.07) is 10.3. The second-order valence-electron chi connectivity index (χ2n) is 5.34. The van der Waals surface area contributed by atoms with Gasteiger partial charge in [-0.25, -0.2) is 4.79 Å². The van der Waals surface area contributed by atoms with Crippen LogP contribution >= 0.6 is 0 Å². The first-order valence-electron chi connectivity index (χ1n) is 7.46. The van der Waals surface area contributed by atoms with Crippen LogP contribution in [0.3, 0.4) is 0 Å². The average Bonchev–Trinajstić information content (AvgIpc) is 2.60. The van der Waals surface area contributed by atoms with E-state index in [1.807, 2.05) is 19.9 Å². The first kappa shape index (κ1) is 17.5. The molecule has 0 bridgehead atoms. The summed E-state index contributed by atoms with van der Waals surface area (Å²) in [7, 11) is 2.90. The Morgan fingerprint density at radius 2 is 1.54 bits per heavy atom. The number of rotatable bonds is 6. The number of aryl methyl sites for hydroxylation is 2. The Balaban J connectivity index is 2.13. The van der Waals surface area contributed by atoms with E-state index in [2.05, 4.69) is 0 Å². The van der Waals surface area contributed by atoms with Gasteiger partial charge in [0.2, 0.25) is 0 Å². The van der Waals surface area contributed by atoms with Crippen molar-refractivity contribution in [2.45, 2.75) is 13.8 Å². The molecule has 0 aliphatic carbocycles. The summed E-state index contributed by atoms with van der Waals surface area (Å²) in [6.45, 7) is 3.55. The maximum atomic E-state index is 12.3. The maximum absolute atomic E-state index is 12.3. The smallest absolute Gasteiger partial charge is 0.346 e. The van der Waals surface area contributed by atoms with Gasteiger partial charge >= 0.3 is 5.97 Å². The summed E-state index contributed by atoms with van der Waals surface area (Å²) in [5, 5.41) is 0. The molecule has 2 aromatic rings. The second-order valence-corrected chi connectivity index (χ2v) is 5.34. The van der Waals surface area contributed by atoms with Crippen LogP contribution in [0.4, 0.5) is 0 Å². The number of ketones is 1. The number of hydrogen-bond donors (Lipinski definition) is 0. The van der Waals surface area contributed by atoms with Crippen LogP contribution in [0, 0.1) is 13.8 Å². The van der Waals surface area contributed by atoms with Gasteiger partial charge in [0.25, 0.3) is 0 Å². The van der Waals surface area contributed by atoms with E-state index in [0.717, 1.165) is 11.1 Å². The Morgan fingerprint density at radius 1 is 0.917 bits per heavy atom. The molecule has 126 valence electrons. The van der Waals surface area contributed by atoms with Crippen molar-refractivity contribution in [1.29, 1.82) is 0 Å². The standard InChI is InChI=1S/C19H20O5/c1-12-8-9-14(10-13(12)2)15(20)11-24-19(21)18-16(22-3)6-5-7-17(18)23-4/h5-10H,11H2,1-4H3. The fraction of sp³-hybridized carbons (Fsp3) is 0.263. The lowest BCUT2D eigenvalue weighted by Gasteiger charge is -2.12. The van der Waals surface area contributed by atoms with E-state index in [1.54, 1.807) is 30.3 Å². The minimum Gasteiger partial charge on any atom is -0.496 e. The summed E-state index contributed by atoms with van der Waals surface area (Å²) >= 11 is 0. The molecule has 0 saturated heterocycles. The van der Waals surface area contributed by atoms with Crippen molar-refractivity contribution in [2.24, 2.45) is 0 Å². The van der Waals surface area contributed by atoms with Gasteiger partial charge in [-0.05, 0) is 43.2 Å². The molecule has 0 fully saturated rings. The molecule has 2 rings (SSSR count). The van der Waals surface area contributed by atoms with Gasteiger partial charge in [-0.2, -0.15) is 0 Å². The van der Waals surface area contributed by atoms with E-state index in [0.29, 0.717) is 17.1 Å². The zero-order valence-corrected chi connectivity index (χ0v) is 14.2. The highest BCUT2D eigenvalue weighted by Gasteiger charge is 2.21. The monoisotopic (exact) mass is 328 g/mol. The number of benzene rings is 2. The van der Waals surface area contributed by atoms with Gasteiger partial charge in [-0.3, -0.25) is 4.79 Å². The number of ether oxygens (including phenoxy) is 3. The van der Waals surface area contributed by atoms with Crippen LogP contribution in [0.2, 0.25) is 0 Å². The maximum Gasteiger partial charge on any atom is 0.346 e. The van der Waals surface area contributed by atoms with Gasteiger partial charge in [0, 0.05) is 5.56 Å². The van der Waals surface area contributed by atoms with Crippen LogP contribution in [-0.2, 0) is 4.74 Å². The van der Waals surface area contributed by atoms with E-state index in [9.17, 15) is 9.59 Å². The van der Waals surface area contributed by atoms with Gasteiger partial charge in [-0.1, -0.05) is 18.2 Å². The first-order valence-corrected chi connectivity index (χ1v) is 7.46. The molecule has 0 spiro atoms. The molecule has 24 heavy (non-hydrogen) atoms. The normalized spacial score (nSPS) is 10.2. The molecule has 0 heterocycles. The highest BCUT2D eigenvalue weighted by molar-refractivity contribution is 6.01. The predicted octanol–water partition coefficient (Wildman–Crippen LogP) is 3.36. The molecule has 0 aliphatic heterocycles. The van der Waals surface area contributed by atoms with Crippen molar-refractivity contribution < 1.29 is 23.8 Å². The summed E-state index contributed by atoms with van der Waals surface area (Å²) in [5.74, 6) is -0.266. The van der Waals surface area contributed by atoms with Crippen molar-refractivity contribution in [1.82, 2.24) is 0 Å². The largest absolute Gasteiger partial charge is 0.496 e.